The smallest absolute Gasteiger partial charge is 0.223 e. The lowest BCUT2D eigenvalue weighted by Crippen LogP contribution is -1.91. The summed E-state index contributed by atoms with van der Waals surface area (Å²) in [7, 11) is 0. The lowest BCUT2D eigenvalue weighted by Gasteiger charge is -2.06. The predicted molar refractivity (Wildman–Crippen MR) is 71.5 cm³/mol. The molecule has 0 radical (unpaired) electrons. The van der Waals surface area contributed by atoms with Gasteiger partial charge in [0.05, 0.1) is 0 Å². The van der Waals surface area contributed by atoms with Gasteiger partial charge >= 0.3 is 0 Å². The first-order valence-electron chi connectivity index (χ1n) is 5.32. The number of aromatic nitrogens is 3. The van der Waals surface area contributed by atoms with E-state index < -0.39 is 0 Å². The van der Waals surface area contributed by atoms with Crippen LogP contribution < -0.4 is 4.74 Å². The molecule has 0 saturated heterocycles. The van der Waals surface area contributed by atoms with Gasteiger partial charge in [0.2, 0.25) is 5.88 Å². The van der Waals surface area contributed by atoms with E-state index in [2.05, 4.69) is 30.9 Å². The molecule has 3 aromatic rings. The van der Waals surface area contributed by atoms with E-state index in [-0.39, 0.29) is 0 Å². The van der Waals surface area contributed by atoms with Crippen molar-refractivity contribution in [2.75, 3.05) is 0 Å². The Labute approximate surface area is 112 Å². The second-order valence-electron chi connectivity index (χ2n) is 3.61. The summed E-state index contributed by atoms with van der Waals surface area (Å²) < 4.78 is 6.41. The number of hydrogen-bond acceptors (Lipinski definition) is 4. The number of para-hydroxylation sites is 1. The third-order valence-corrected chi connectivity index (χ3v) is 2.85. The molecule has 3 rings (SSSR count). The molecule has 0 aliphatic heterocycles. The number of hydrogen-bond donors (Lipinski definition) is 0. The zero-order chi connectivity index (χ0) is 12.4. The van der Waals surface area contributed by atoms with Crippen LogP contribution in [0.2, 0.25) is 0 Å². The highest BCUT2D eigenvalue weighted by atomic mass is 79.9. The van der Waals surface area contributed by atoms with Crippen LogP contribution in [0.15, 0.2) is 53.5 Å². The van der Waals surface area contributed by atoms with Crippen LogP contribution in [0.4, 0.5) is 0 Å². The summed E-state index contributed by atoms with van der Waals surface area (Å²) in [5.41, 5.74) is 0.815. The average Bonchev–Trinajstić information content (AvgIpc) is 2.39. The number of pyridine rings is 1. The Bertz CT molecular complexity index is 697. The maximum Gasteiger partial charge on any atom is 0.223 e. The van der Waals surface area contributed by atoms with Gasteiger partial charge in [0.1, 0.15) is 16.4 Å². The van der Waals surface area contributed by atoms with Crippen molar-refractivity contribution >= 4 is 26.8 Å². The Balaban J connectivity index is 2.05. The molecule has 0 unspecified atom stereocenters. The van der Waals surface area contributed by atoms with E-state index in [1.54, 1.807) is 12.3 Å². The van der Waals surface area contributed by atoms with Crippen molar-refractivity contribution in [3.05, 3.63) is 53.5 Å². The summed E-state index contributed by atoms with van der Waals surface area (Å²) in [6.45, 7) is 0. The summed E-state index contributed by atoms with van der Waals surface area (Å²) in [5, 5.41) is 1.03. The van der Waals surface area contributed by atoms with Crippen LogP contribution in [-0.2, 0) is 0 Å². The van der Waals surface area contributed by atoms with Gasteiger partial charge in [0, 0.05) is 17.6 Å². The first-order valence-corrected chi connectivity index (χ1v) is 6.11. The van der Waals surface area contributed by atoms with E-state index in [4.69, 9.17) is 4.74 Å². The molecule has 0 N–H and O–H groups in total. The Kier molecular flexibility index (Phi) is 2.90. The summed E-state index contributed by atoms with van der Waals surface area (Å²) in [6, 6.07) is 11.4. The monoisotopic (exact) mass is 301 g/mol. The minimum atomic E-state index is 0.482. The van der Waals surface area contributed by atoms with Gasteiger partial charge in [-0.15, -0.1) is 0 Å². The second-order valence-corrected chi connectivity index (χ2v) is 4.42. The van der Waals surface area contributed by atoms with E-state index in [1.165, 1.54) is 6.33 Å². The molecule has 18 heavy (non-hydrogen) atoms. The van der Waals surface area contributed by atoms with Crippen LogP contribution in [-0.4, -0.2) is 15.0 Å². The average molecular weight is 302 g/mol. The summed E-state index contributed by atoms with van der Waals surface area (Å²) in [4.78, 5) is 12.3. The number of rotatable bonds is 2. The second kappa shape index (κ2) is 4.70. The quantitative estimate of drug-likeness (QED) is 0.679. The van der Waals surface area contributed by atoms with Crippen molar-refractivity contribution in [1.82, 2.24) is 15.0 Å². The van der Waals surface area contributed by atoms with Gasteiger partial charge in [0.25, 0.3) is 0 Å². The first-order chi connectivity index (χ1) is 8.83. The number of nitrogens with zero attached hydrogens (tertiary/aromatic N) is 3. The maximum atomic E-state index is 5.73. The lowest BCUT2D eigenvalue weighted by atomic mass is 10.2. The molecule has 0 spiro atoms. The van der Waals surface area contributed by atoms with Crippen LogP contribution in [0.5, 0.6) is 11.6 Å². The van der Waals surface area contributed by atoms with Crippen molar-refractivity contribution in [2.24, 2.45) is 0 Å². The fourth-order valence-corrected chi connectivity index (χ4v) is 1.93. The summed E-state index contributed by atoms with van der Waals surface area (Å²) >= 11 is 3.28. The zero-order valence-corrected chi connectivity index (χ0v) is 10.8. The fourth-order valence-electron chi connectivity index (χ4n) is 1.64. The minimum absolute atomic E-state index is 0.482. The van der Waals surface area contributed by atoms with Crippen LogP contribution >= 0.6 is 15.9 Å². The van der Waals surface area contributed by atoms with Gasteiger partial charge in [-0.3, -0.25) is 4.98 Å². The number of fused-ring (bicyclic) bond motifs is 1. The first kappa shape index (κ1) is 11.1. The molecule has 2 heterocycles. The van der Waals surface area contributed by atoms with E-state index >= 15 is 0 Å². The molecule has 0 aliphatic rings. The highest BCUT2D eigenvalue weighted by Gasteiger charge is 2.05. The van der Waals surface area contributed by atoms with Gasteiger partial charge in [-0.05, 0) is 28.1 Å². The van der Waals surface area contributed by atoms with E-state index in [1.807, 2.05) is 30.3 Å². The Morgan fingerprint density at radius 2 is 1.89 bits per heavy atom. The predicted octanol–water partition coefficient (Wildman–Crippen LogP) is 3.58. The SMILES string of the molecule is Brc1cc(Oc2cccc3cccnc23)ncn1. The molecule has 0 aliphatic carbocycles. The zero-order valence-electron chi connectivity index (χ0n) is 9.25. The molecule has 1 aromatic carbocycles. The Morgan fingerprint density at radius 1 is 1.00 bits per heavy atom. The fraction of sp³-hybridized carbons (Fsp3) is 0. The minimum Gasteiger partial charge on any atom is -0.437 e. The largest absolute Gasteiger partial charge is 0.437 e. The van der Waals surface area contributed by atoms with E-state index in [0.29, 0.717) is 16.2 Å². The van der Waals surface area contributed by atoms with Crippen LogP contribution in [0, 0.1) is 0 Å². The highest BCUT2D eigenvalue weighted by molar-refractivity contribution is 9.10. The maximum absolute atomic E-state index is 5.73. The van der Waals surface area contributed by atoms with Crippen LogP contribution in [0.25, 0.3) is 10.9 Å². The number of ether oxygens (including phenoxy) is 1. The van der Waals surface area contributed by atoms with Gasteiger partial charge < -0.3 is 4.74 Å². The number of benzene rings is 1. The summed E-state index contributed by atoms with van der Waals surface area (Å²) in [6.07, 6.45) is 3.18. The molecule has 0 bridgehead atoms. The molecular formula is C13H8BrN3O. The van der Waals surface area contributed by atoms with Gasteiger partial charge in [0.15, 0.2) is 5.75 Å². The van der Waals surface area contributed by atoms with Crippen molar-refractivity contribution in [1.29, 1.82) is 0 Å². The third kappa shape index (κ3) is 2.17. The standard InChI is InChI=1S/C13H8BrN3O/c14-11-7-12(17-8-16-11)18-10-5-1-3-9-4-2-6-15-13(9)10/h1-8H. The Hall–Kier alpha value is -2.01. The molecule has 5 heteroatoms. The van der Waals surface area contributed by atoms with Gasteiger partial charge in [-0.1, -0.05) is 18.2 Å². The van der Waals surface area contributed by atoms with Crippen molar-refractivity contribution in [3.63, 3.8) is 0 Å². The third-order valence-electron chi connectivity index (χ3n) is 2.42. The molecule has 0 saturated carbocycles. The molecule has 0 atom stereocenters. The normalized spacial score (nSPS) is 10.5. The lowest BCUT2D eigenvalue weighted by molar-refractivity contribution is 0.465. The van der Waals surface area contributed by atoms with E-state index in [0.717, 1.165) is 10.9 Å². The Morgan fingerprint density at radius 3 is 2.78 bits per heavy atom. The van der Waals surface area contributed by atoms with Crippen LogP contribution in [0.3, 0.4) is 0 Å². The van der Waals surface area contributed by atoms with Crippen molar-refractivity contribution in [2.45, 2.75) is 0 Å². The van der Waals surface area contributed by atoms with Gasteiger partial charge in [-0.2, -0.15) is 0 Å². The van der Waals surface area contributed by atoms with E-state index in [9.17, 15) is 0 Å². The highest BCUT2D eigenvalue weighted by Crippen LogP contribution is 2.27. The van der Waals surface area contributed by atoms with Crippen molar-refractivity contribution < 1.29 is 4.74 Å². The molecule has 2 aromatic heterocycles. The molecule has 0 amide bonds. The van der Waals surface area contributed by atoms with Crippen molar-refractivity contribution in [3.8, 4) is 11.6 Å². The summed E-state index contributed by atoms with van der Waals surface area (Å²) in [5.74, 6) is 1.16. The van der Waals surface area contributed by atoms with Crippen LogP contribution in [0.1, 0.15) is 0 Å². The molecule has 0 fully saturated rings. The molecule has 4 nitrogen and oxygen atoms in total. The molecule has 88 valence electrons. The molecular weight excluding hydrogens is 294 g/mol. The van der Waals surface area contributed by atoms with Gasteiger partial charge in [-0.25, -0.2) is 9.97 Å². The number of halogens is 1. The topological polar surface area (TPSA) is 47.9 Å².